The minimum absolute atomic E-state index is 0.101. The van der Waals surface area contributed by atoms with Gasteiger partial charge in [0.1, 0.15) is 0 Å². The summed E-state index contributed by atoms with van der Waals surface area (Å²) in [7, 11) is 0. The molecule has 2 heterocycles. The van der Waals surface area contributed by atoms with Gasteiger partial charge in [-0.15, -0.1) is 11.3 Å². The van der Waals surface area contributed by atoms with Crippen molar-refractivity contribution in [3.8, 4) is 0 Å². The van der Waals surface area contributed by atoms with Crippen LogP contribution in [0, 0.1) is 6.92 Å². The van der Waals surface area contributed by atoms with Crippen LogP contribution in [0.1, 0.15) is 38.3 Å². The van der Waals surface area contributed by atoms with E-state index in [1.165, 1.54) is 17.6 Å². The molecule has 0 radical (unpaired) electrons. The number of anilines is 1. The van der Waals surface area contributed by atoms with Crippen LogP contribution < -0.4 is 5.32 Å². The van der Waals surface area contributed by atoms with Gasteiger partial charge in [-0.25, -0.2) is 0 Å². The summed E-state index contributed by atoms with van der Waals surface area (Å²) in [6.07, 6.45) is 1.44. The molecule has 0 bridgehead atoms. The van der Waals surface area contributed by atoms with Crippen molar-refractivity contribution < 1.29 is 14.0 Å². The predicted octanol–water partition coefficient (Wildman–Crippen LogP) is 5.22. The molecule has 3 aromatic rings. The third-order valence-corrected chi connectivity index (χ3v) is 5.34. The molecule has 0 saturated heterocycles. The largest absolute Gasteiger partial charge is 0.459 e. The normalized spacial score (nSPS) is 10.6. The molecule has 0 saturated carbocycles. The minimum Gasteiger partial charge on any atom is -0.459 e. The van der Waals surface area contributed by atoms with Gasteiger partial charge in [0.15, 0.2) is 5.76 Å². The molecule has 5 nitrogen and oxygen atoms in total. The molecule has 0 aliphatic rings. The number of hydrogen-bond acceptors (Lipinski definition) is 4. The number of hydrogen-bond donors (Lipinski definition) is 1. The quantitative estimate of drug-likeness (QED) is 0.615. The van der Waals surface area contributed by atoms with Gasteiger partial charge in [-0.2, -0.15) is 0 Å². The number of halogens is 1. The molecule has 2 amide bonds. The van der Waals surface area contributed by atoms with Crippen molar-refractivity contribution in [2.24, 2.45) is 0 Å². The molecule has 140 valence electrons. The molecule has 0 unspecified atom stereocenters. The number of thiophene rings is 1. The first-order valence-corrected chi connectivity index (χ1v) is 9.66. The highest BCUT2D eigenvalue weighted by atomic mass is 35.5. The summed E-state index contributed by atoms with van der Waals surface area (Å²) in [5, 5.41) is 2.80. The van der Waals surface area contributed by atoms with Gasteiger partial charge in [-0.3, -0.25) is 9.59 Å². The molecular weight excluding hydrogens is 384 g/mol. The third-order valence-electron chi connectivity index (χ3n) is 4.12. The Bertz CT molecular complexity index is 950. The summed E-state index contributed by atoms with van der Waals surface area (Å²) < 4.78 is 5.81. The third kappa shape index (κ3) is 4.59. The van der Waals surface area contributed by atoms with Crippen LogP contribution in [0.3, 0.4) is 0 Å². The van der Waals surface area contributed by atoms with Crippen LogP contribution in [0.25, 0.3) is 0 Å². The molecule has 0 spiro atoms. The zero-order valence-corrected chi connectivity index (χ0v) is 16.6. The maximum Gasteiger partial charge on any atom is 0.291 e. The molecule has 0 aliphatic heterocycles. The Morgan fingerprint density at radius 1 is 1.22 bits per heavy atom. The van der Waals surface area contributed by atoms with Gasteiger partial charge in [-0.1, -0.05) is 17.7 Å². The van der Waals surface area contributed by atoms with Crippen molar-refractivity contribution in [3.63, 3.8) is 0 Å². The van der Waals surface area contributed by atoms with E-state index in [-0.39, 0.29) is 17.6 Å². The van der Waals surface area contributed by atoms with Gasteiger partial charge in [-0.05, 0) is 55.8 Å². The van der Waals surface area contributed by atoms with Crippen molar-refractivity contribution in [1.82, 2.24) is 4.90 Å². The zero-order valence-electron chi connectivity index (χ0n) is 15.0. The molecule has 0 aliphatic carbocycles. The zero-order chi connectivity index (χ0) is 19.4. The standard InChI is InChI=1S/C20H19ClN2O3S/c1-3-23(12-15-8-9-18(21)27-15)20(25)14-7-6-13(2)16(11-14)22-19(24)17-5-4-10-26-17/h4-11H,3,12H2,1-2H3,(H,22,24). The predicted molar refractivity (Wildman–Crippen MR) is 108 cm³/mol. The second-order valence-electron chi connectivity index (χ2n) is 5.99. The lowest BCUT2D eigenvalue weighted by molar-refractivity contribution is 0.0754. The number of aryl methyl sites for hydroxylation is 1. The van der Waals surface area contributed by atoms with Crippen LogP contribution in [0.15, 0.2) is 53.1 Å². The summed E-state index contributed by atoms with van der Waals surface area (Å²) in [6, 6.07) is 12.3. The number of nitrogens with zero attached hydrogens (tertiary/aromatic N) is 1. The van der Waals surface area contributed by atoms with E-state index < -0.39 is 0 Å². The Hall–Kier alpha value is -2.57. The first-order valence-electron chi connectivity index (χ1n) is 8.47. The summed E-state index contributed by atoms with van der Waals surface area (Å²) in [5.41, 5.74) is 1.96. The average molecular weight is 403 g/mol. The number of amides is 2. The van der Waals surface area contributed by atoms with E-state index in [9.17, 15) is 9.59 Å². The fourth-order valence-corrected chi connectivity index (χ4v) is 3.72. The Balaban J connectivity index is 1.78. The Kier molecular flexibility index (Phi) is 5.98. The molecule has 1 aromatic carbocycles. The van der Waals surface area contributed by atoms with Gasteiger partial charge in [0.05, 0.1) is 17.1 Å². The summed E-state index contributed by atoms with van der Waals surface area (Å²) in [5.74, 6) is -0.236. The van der Waals surface area contributed by atoms with E-state index in [1.807, 2.05) is 32.0 Å². The van der Waals surface area contributed by atoms with Crippen LogP contribution >= 0.6 is 22.9 Å². The maximum absolute atomic E-state index is 12.9. The van der Waals surface area contributed by atoms with E-state index in [0.717, 1.165) is 10.4 Å². The molecule has 3 rings (SSSR count). The van der Waals surface area contributed by atoms with Gasteiger partial charge < -0.3 is 14.6 Å². The fourth-order valence-electron chi connectivity index (χ4n) is 2.62. The van der Waals surface area contributed by atoms with Crippen LogP contribution in [-0.4, -0.2) is 23.3 Å². The number of benzene rings is 1. The van der Waals surface area contributed by atoms with Crippen LogP contribution in [0.5, 0.6) is 0 Å². The van der Waals surface area contributed by atoms with Gasteiger partial charge in [0.25, 0.3) is 11.8 Å². The van der Waals surface area contributed by atoms with Gasteiger partial charge >= 0.3 is 0 Å². The molecule has 2 aromatic heterocycles. The van der Waals surface area contributed by atoms with Crippen molar-refractivity contribution in [3.05, 3.63) is 74.8 Å². The highest BCUT2D eigenvalue weighted by Crippen LogP contribution is 2.24. The summed E-state index contributed by atoms with van der Waals surface area (Å²) in [6.45, 7) is 4.86. The number of furan rings is 1. The lowest BCUT2D eigenvalue weighted by Crippen LogP contribution is -2.30. The van der Waals surface area contributed by atoms with E-state index in [1.54, 1.807) is 29.2 Å². The van der Waals surface area contributed by atoms with Crippen LogP contribution in [0.4, 0.5) is 5.69 Å². The lowest BCUT2D eigenvalue weighted by atomic mass is 10.1. The number of nitrogens with one attached hydrogen (secondary N) is 1. The number of rotatable bonds is 6. The van der Waals surface area contributed by atoms with Crippen molar-refractivity contribution in [2.45, 2.75) is 20.4 Å². The Labute approximate surface area is 166 Å². The molecule has 27 heavy (non-hydrogen) atoms. The first kappa shape index (κ1) is 19.2. The monoisotopic (exact) mass is 402 g/mol. The topological polar surface area (TPSA) is 62.6 Å². The van der Waals surface area contributed by atoms with E-state index in [0.29, 0.717) is 28.7 Å². The van der Waals surface area contributed by atoms with Crippen molar-refractivity contribution in [1.29, 1.82) is 0 Å². The highest BCUT2D eigenvalue weighted by molar-refractivity contribution is 7.16. The van der Waals surface area contributed by atoms with Crippen molar-refractivity contribution >= 4 is 40.4 Å². The Morgan fingerprint density at radius 2 is 2.04 bits per heavy atom. The maximum atomic E-state index is 12.9. The van der Waals surface area contributed by atoms with Crippen molar-refractivity contribution in [2.75, 3.05) is 11.9 Å². The molecule has 1 N–H and O–H groups in total. The average Bonchev–Trinajstić information content (AvgIpc) is 3.32. The van der Waals surface area contributed by atoms with E-state index in [4.69, 9.17) is 16.0 Å². The lowest BCUT2D eigenvalue weighted by Gasteiger charge is -2.21. The smallest absolute Gasteiger partial charge is 0.291 e. The van der Waals surface area contributed by atoms with Gasteiger partial charge in [0, 0.05) is 22.7 Å². The number of carbonyl (C=O) groups excluding carboxylic acids is 2. The second-order valence-corrected chi connectivity index (χ2v) is 7.79. The van der Waals surface area contributed by atoms with E-state index in [2.05, 4.69) is 5.32 Å². The first-order chi connectivity index (χ1) is 13.0. The molecular formula is C20H19ClN2O3S. The molecule has 0 fully saturated rings. The molecule has 0 atom stereocenters. The SMILES string of the molecule is CCN(Cc1ccc(Cl)s1)C(=O)c1ccc(C)c(NC(=O)c2ccco2)c1. The Morgan fingerprint density at radius 3 is 2.67 bits per heavy atom. The number of carbonyl (C=O) groups is 2. The van der Waals surface area contributed by atoms with Crippen LogP contribution in [0.2, 0.25) is 4.34 Å². The van der Waals surface area contributed by atoms with Crippen LogP contribution in [-0.2, 0) is 6.54 Å². The van der Waals surface area contributed by atoms with E-state index >= 15 is 0 Å². The summed E-state index contributed by atoms with van der Waals surface area (Å²) in [4.78, 5) is 27.9. The minimum atomic E-state index is -0.353. The van der Waals surface area contributed by atoms with Gasteiger partial charge in [0.2, 0.25) is 0 Å². The summed E-state index contributed by atoms with van der Waals surface area (Å²) >= 11 is 7.44. The molecule has 7 heteroatoms. The fraction of sp³-hybridized carbons (Fsp3) is 0.200. The second kappa shape index (κ2) is 8.41. The highest BCUT2D eigenvalue weighted by Gasteiger charge is 2.18.